The molecule has 0 saturated carbocycles. The summed E-state index contributed by atoms with van der Waals surface area (Å²) in [5, 5.41) is 3.23. The van der Waals surface area contributed by atoms with Gasteiger partial charge in [-0.25, -0.2) is 4.79 Å². The third-order valence-electron chi connectivity index (χ3n) is 3.60. The lowest BCUT2D eigenvalue weighted by molar-refractivity contribution is -0.146. The number of para-hydroxylation sites is 1. The van der Waals surface area contributed by atoms with Crippen molar-refractivity contribution in [1.82, 2.24) is 10.3 Å². The predicted molar refractivity (Wildman–Crippen MR) is 86.2 cm³/mol. The summed E-state index contributed by atoms with van der Waals surface area (Å²) in [6, 6.07) is 4.98. The molecule has 1 heterocycles. The lowest BCUT2D eigenvalue weighted by Crippen LogP contribution is -2.38. The van der Waals surface area contributed by atoms with Gasteiger partial charge in [0.1, 0.15) is 6.04 Å². The summed E-state index contributed by atoms with van der Waals surface area (Å²) in [7, 11) is 0. The molecular weight excluding hydrogens is 296 g/mol. The molecule has 0 fully saturated rings. The SMILES string of the molecule is CCc1cccc2c(C(=O)COC(=O)[C@H](C)NC(C)=O)c[nH]c12. The summed E-state index contributed by atoms with van der Waals surface area (Å²) in [6.07, 6.45) is 2.49. The maximum absolute atomic E-state index is 12.3. The number of ether oxygens (including phenoxy) is 1. The minimum Gasteiger partial charge on any atom is -0.456 e. The maximum atomic E-state index is 12.3. The molecule has 23 heavy (non-hydrogen) atoms. The fraction of sp³-hybridized carbons (Fsp3) is 0.353. The lowest BCUT2D eigenvalue weighted by atomic mass is 10.1. The van der Waals surface area contributed by atoms with Crippen LogP contribution in [0.4, 0.5) is 0 Å². The average Bonchev–Trinajstić information content (AvgIpc) is 2.95. The van der Waals surface area contributed by atoms with Crippen molar-refractivity contribution in [2.45, 2.75) is 33.2 Å². The second-order valence-electron chi connectivity index (χ2n) is 5.35. The summed E-state index contributed by atoms with van der Waals surface area (Å²) >= 11 is 0. The van der Waals surface area contributed by atoms with Crippen LogP contribution in [0.2, 0.25) is 0 Å². The van der Waals surface area contributed by atoms with Gasteiger partial charge in [-0.15, -0.1) is 0 Å². The molecule has 0 aliphatic carbocycles. The fourth-order valence-corrected chi connectivity index (χ4v) is 2.45. The molecule has 6 nitrogen and oxygen atoms in total. The molecule has 2 aromatic rings. The van der Waals surface area contributed by atoms with Crippen molar-refractivity contribution in [3.05, 3.63) is 35.5 Å². The molecule has 0 spiro atoms. The van der Waals surface area contributed by atoms with Crippen molar-refractivity contribution in [2.75, 3.05) is 6.61 Å². The van der Waals surface area contributed by atoms with Gasteiger partial charge in [-0.1, -0.05) is 25.1 Å². The number of esters is 1. The number of rotatable bonds is 6. The highest BCUT2D eigenvalue weighted by atomic mass is 16.5. The molecule has 1 atom stereocenters. The summed E-state index contributed by atoms with van der Waals surface area (Å²) < 4.78 is 4.98. The Balaban J connectivity index is 2.07. The zero-order valence-corrected chi connectivity index (χ0v) is 13.4. The summed E-state index contributed by atoms with van der Waals surface area (Å²) in [5.74, 6) is -1.25. The topological polar surface area (TPSA) is 88.3 Å². The number of benzene rings is 1. The van der Waals surface area contributed by atoms with Crippen LogP contribution in [0.5, 0.6) is 0 Å². The van der Waals surface area contributed by atoms with Crippen LogP contribution in [-0.2, 0) is 20.7 Å². The molecule has 0 bridgehead atoms. The minimum atomic E-state index is -0.782. The zero-order valence-electron chi connectivity index (χ0n) is 13.4. The molecule has 2 N–H and O–H groups in total. The Labute approximate surface area is 134 Å². The quantitative estimate of drug-likeness (QED) is 0.630. The summed E-state index contributed by atoms with van der Waals surface area (Å²) in [5.41, 5.74) is 2.55. The van der Waals surface area contributed by atoms with E-state index in [1.807, 2.05) is 25.1 Å². The molecule has 1 aromatic carbocycles. The Kier molecular flexibility index (Phi) is 5.16. The zero-order chi connectivity index (χ0) is 17.0. The molecule has 122 valence electrons. The van der Waals surface area contributed by atoms with Crippen molar-refractivity contribution in [1.29, 1.82) is 0 Å². The molecular formula is C17H20N2O4. The van der Waals surface area contributed by atoms with Gasteiger partial charge in [0.25, 0.3) is 0 Å². The van der Waals surface area contributed by atoms with Crippen LogP contribution >= 0.6 is 0 Å². The number of Topliss-reactive ketones (excluding diaryl/α,β-unsaturated/α-hetero) is 1. The monoisotopic (exact) mass is 316 g/mol. The lowest BCUT2D eigenvalue weighted by Gasteiger charge is -2.11. The molecule has 2 rings (SSSR count). The van der Waals surface area contributed by atoms with Crippen LogP contribution in [0, 0.1) is 0 Å². The second-order valence-corrected chi connectivity index (χ2v) is 5.35. The van der Waals surface area contributed by atoms with E-state index in [-0.39, 0.29) is 18.3 Å². The number of aryl methyl sites for hydroxylation is 1. The number of amides is 1. The highest BCUT2D eigenvalue weighted by molar-refractivity contribution is 6.09. The third-order valence-corrected chi connectivity index (χ3v) is 3.60. The van der Waals surface area contributed by atoms with Crippen molar-refractivity contribution in [3.63, 3.8) is 0 Å². The Morgan fingerprint density at radius 1 is 1.30 bits per heavy atom. The first-order valence-corrected chi connectivity index (χ1v) is 7.50. The van der Waals surface area contributed by atoms with Crippen LogP contribution in [0.1, 0.15) is 36.7 Å². The van der Waals surface area contributed by atoms with Gasteiger partial charge >= 0.3 is 5.97 Å². The van der Waals surface area contributed by atoms with E-state index in [4.69, 9.17) is 4.74 Å². The normalized spacial score (nSPS) is 12.0. The van der Waals surface area contributed by atoms with E-state index in [0.717, 1.165) is 22.9 Å². The smallest absolute Gasteiger partial charge is 0.328 e. The molecule has 0 saturated heterocycles. The number of hydrogen-bond donors (Lipinski definition) is 2. The van der Waals surface area contributed by atoms with E-state index in [1.54, 1.807) is 6.20 Å². The summed E-state index contributed by atoms with van der Waals surface area (Å²) in [4.78, 5) is 38.0. The van der Waals surface area contributed by atoms with E-state index in [1.165, 1.54) is 13.8 Å². The average molecular weight is 316 g/mol. The number of carbonyl (C=O) groups is 3. The van der Waals surface area contributed by atoms with Crippen LogP contribution in [0.15, 0.2) is 24.4 Å². The Hall–Kier alpha value is -2.63. The summed E-state index contributed by atoms with van der Waals surface area (Å²) in [6.45, 7) is 4.51. The van der Waals surface area contributed by atoms with Crippen LogP contribution in [0.3, 0.4) is 0 Å². The largest absolute Gasteiger partial charge is 0.456 e. The standard InChI is InChI=1S/C17H20N2O4/c1-4-12-6-5-7-13-14(8-18-16(12)13)15(21)9-23-17(22)10(2)19-11(3)20/h5-8,10,18H,4,9H2,1-3H3,(H,19,20)/t10-/m0/s1. The number of aromatic nitrogens is 1. The number of aromatic amines is 1. The van der Waals surface area contributed by atoms with Gasteiger partial charge in [0.05, 0.1) is 0 Å². The third kappa shape index (κ3) is 3.77. The number of carbonyl (C=O) groups excluding carboxylic acids is 3. The number of hydrogen-bond acceptors (Lipinski definition) is 4. The van der Waals surface area contributed by atoms with Crippen LogP contribution in [0.25, 0.3) is 10.9 Å². The first kappa shape index (κ1) is 16.7. The van der Waals surface area contributed by atoms with Gasteiger partial charge in [0.15, 0.2) is 6.61 Å². The Bertz CT molecular complexity index is 748. The Morgan fingerprint density at radius 3 is 2.70 bits per heavy atom. The van der Waals surface area contributed by atoms with Crippen LogP contribution < -0.4 is 5.32 Å². The van der Waals surface area contributed by atoms with Crippen molar-refractivity contribution < 1.29 is 19.1 Å². The van der Waals surface area contributed by atoms with Crippen molar-refractivity contribution in [3.8, 4) is 0 Å². The minimum absolute atomic E-state index is 0.284. The van der Waals surface area contributed by atoms with Crippen molar-refractivity contribution in [2.24, 2.45) is 0 Å². The van der Waals surface area contributed by atoms with E-state index in [2.05, 4.69) is 10.3 Å². The molecule has 0 aliphatic heterocycles. The van der Waals surface area contributed by atoms with Gasteiger partial charge in [0.2, 0.25) is 11.7 Å². The molecule has 1 amide bonds. The number of nitrogens with one attached hydrogen (secondary N) is 2. The number of fused-ring (bicyclic) bond motifs is 1. The number of ketones is 1. The molecule has 0 unspecified atom stereocenters. The van der Waals surface area contributed by atoms with Crippen molar-refractivity contribution >= 4 is 28.6 Å². The molecule has 0 aliphatic rings. The highest BCUT2D eigenvalue weighted by Gasteiger charge is 2.19. The predicted octanol–water partition coefficient (Wildman–Crippen LogP) is 1.98. The first-order chi connectivity index (χ1) is 10.9. The second kappa shape index (κ2) is 7.09. The Morgan fingerprint density at radius 2 is 2.04 bits per heavy atom. The first-order valence-electron chi connectivity index (χ1n) is 7.50. The number of H-pyrrole nitrogens is 1. The molecule has 0 radical (unpaired) electrons. The van der Waals surface area contributed by atoms with E-state index in [9.17, 15) is 14.4 Å². The van der Waals surface area contributed by atoms with Gasteiger partial charge < -0.3 is 15.0 Å². The molecule has 6 heteroatoms. The highest BCUT2D eigenvalue weighted by Crippen LogP contribution is 2.22. The van der Waals surface area contributed by atoms with Gasteiger partial charge in [0, 0.05) is 29.6 Å². The van der Waals surface area contributed by atoms with Crippen LogP contribution in [-0.4, -0.2) is 35.3 Å². The fourth-order valence-electron chi connectivity index (χ4n) is 2.45. The van der Waals surface area contributed by atoms with E-state index < -0.39 is 12.0 Å². The molecule has 1 aromatic heterocycles. The van der Waals surface area contributed by atoms with E-state index >= 15 is 0 Å². The van der Waals surface area contributed by atoms with Gasteiger partial charge in [-0.3, -0.25) is 9.59 Å². The maximum Gasteiger partial charge on any atom is 0.328 e. The van der Waals surface area contributed by atoms with E-state index in [0.29, 0.717) is 5.56 Å². The van der Waals surface area contributed by atoms with Gasteiger partial charge in [-0.2, -0.15) is 0 Å². The van der Waals surface area contributed by atoms with Gasteiger partial charge in [-0.05, 0) is 18.9 Å².